The van der Waals surface area contributed by atoms with Crippen molar-refractivity contribution in [3.05, 3.63) is 17.0 Å². The molecule has 1 heterocycles. The van der Waals surface area contributed by atoms with E-state index in [9.17, 15) is 9.90 Å². The Morgan fingerprint density at radius 1 is 1.37 bits per heavy atom. The topological polar surface area (TPSA) is 75.4 Å². The molecule has 0 radical (unpaired) electrons. The molecule has 0 saturated heterocycles. The summed E-state index contributed by atoms with van der Waals surface area (Å²) in [4.78, 5) is 12.2. The number of rotatable bonds is 6. The minimum Gasteiger partial charge on any atom is -0.394 e. The predicted octanol–water partition coefficient (Wildman–Crippen LogP) is 1.92. The molecule has 0 fully saturated rings. The lowest BCUT2D eigenvalue weighted by Crippen LogP contribution is -2.40. The van der Waals surface area contributed by atoms with Gasteiger partial charge in [-0.2, -0.15) is 0 Å². The van der Waals surface area contributed by atoms with Gasteiger partial charge in [0.2, 0.25) is 5.91 Å². The van der Waals surface area contributed by atoms with Crippen molar-refractivity contribution in [1.29, 1.82) is 0 Å². The molecule has 2 N–H and O–H groups in total. The fraction of sp³-hybridized carbons (Fsp3) is 0.714. The molecular formula is C14H24N2O3. The maximum Gasteiger partial charge on any atom is 0.227 e. The Morgan fingerprint density at radius 3 is 2.42 bits per heavy atom. The van der Waals surface area contributed by atoms with Crippen molar-refractivity contribution in [3.8, 4) is 0 Å². The summed E-state index contributed by atoms with van der Waals surface area (Å²) in [5.41, 5.74) is 1.57. The van der Waals surface area contributed by atoms with Crippen molar-refractivity contribution in [1.82, 2.24) is 10.5 Å². The van der Waals surface area contributed by atoms with Crippen LogP contribution in [0.2, 0.25) is 0 Å². The molecule has 5 heteroatoms. The van der Waals surface area contributed by atoms with Crippen LogP contribution in [0.1, 0.15) is 50.1 Å². The van der Waals surface area contributed by atoms with E-state index in [0.29, 0.717) is 11.7 Å². The molecule has 1 aromatic heterocycles. The van der Waals surface area contributed by atoms with Crippen molar-refractivity contribution in [3.63, 3.8) is 0 Å². The Kier molecular flexibility index (Phi) is 5.54. The number of hydrogen-bond acceptors (Lipinski definition) is 4. The van der Waals surface area contributed by atoms with Crippen LogP contribution in [-0.2, 0) is 4.79 Å². The van der Waals surface area contributed by atoms with Gasteiger partial charge in [-0.25, -0.2) is 0 Å². The second-order valence-electron chi connectivity index (χ2n) is 5.48. The molecule has 1 amide bonds. The van der Waals surface area contributed by atoms with Gasteiger partial charge in [0.15, 0.2) is 0 Å². The Balaban J connectivity index is 2.72. The van der Waals surface area contributed by atoms with Crippen molar-refractivity contribution >= 4 is 5.91 Å². The van der Waals surface area contributed by atoms with Gasteiger partial charge in [0.1, 0.15) is 5.76 Å². The van der Waals surface area contributed by atoms with Crippen molar-refractivity contribution in [2.75, 3.05) is 6.61 Å². The minimum absolute atomic E-state index is 0.0434. The number of aromatic nitrogens is 1. The van der Waals surface area contributed by atoms with Crippen LogP contribution in [0.25, 0.3) is 0 Å². The lowest BCUT2D eigenvalue weighted by atomic mass is 9.97. The van der Waals surface area contributed by atoms with E-state index < -0.39 is 0 Å². The number of aryl methyl sites for hydroxylation is 2. The number of aliphatic hydroxyl groups excluding tert-OH is 1. The van der Waals surface area contributed by atoms with E-state index in [4.69, 9.17) is 4.52 Å². The first kappa shape index (κ1) is 15.7. The van der Waals surface area contributed by atoms with Gasteiger partial charge in [-0.05, 0) is 33.1 Å². The lowest BCUT2D eigenvalue weighted by Gasteiger charge is -2.20. The molecule has 0 aliphatic rings. The average Bonchev–Trinajstić information content (AvgIpc) is 2.66. The summed E-state index contributed by atoms with van der Waals surface area (Å²) in [6, 6.07) is -0.199. The monoisotopic (exact) mass is 268 g/mol. The first-order valence-electron chi connectivity index (χ1n) is 6.70. The standard InChI is InChI=1S/C14H24N2O3/c1-8(2)6-12(7-17)15-14(18)9(3)13-10(4)16-19-11(13)5/h8-9,12,17H,6-7H2,1-5H3,(H,15,18). The third-order valence-corrected chi connectivity index (χ3v) is 3.24. The number of carbonyl (C=O) groups excluding carboxylic acids is 1. The highest BCUT2D eigenvalue weighted by Gasteiger charge is 2.24. The number of carbonyl (C=O) groups is 1. The largest absolute Gasteiger partial charge is 0.394 e. The Hall–Kier alpha value is -1.36. The first-order chi connectivity index (χ1) is 8.86. The summed E-state index contributed by atoms with van der Waals surface area (Å²) in [6.45, 7) is 9.53. The Labute approximate surface area is 114 Å². The summed E-state index contributed by atoms with van der Waals surface area (Å²) in [5, 5.41) is 16.0. The zero-order valence-corrected chi connectivity index (χ0v) is 12.4. The molecule has 1 rings (SSSR count). The highest BCUT2D eigenvalue weighted by Crippen LogP contribution is 2.23. The van der Waals surface area contributed by atoms with Crippen molar-refractivity contribution in [2.45, 2.75) is 53.0 Å². The maximum atomic E-state index is 12.2. The lowest BCUT2D eigenvalue weighted by molar-refractivity contribution is -0.123. The van der Waals surface area contributed by atoms with Crippen LogP contribution in [-0.4, -0.2) is 28.8 Å². The van der Waals surface area contributed by atoms with Gasteiger partial charge in [0.25, 0.3) is 0 Å². The van der Waals surface area contributed by atoms with E-state index in [0.717, 1.165) is 17.7 Å². The summed E-state index contributed by atoms with van der Waals surface area (Å²) in [5.74, 6) is 0.665. The zero-order chi connectivity index (χ0) is 14.6. The van der Waals surface area contributed by atoms with Gasteiger partial charge in [-0.3, -0.25) is 4.79 Å². The number of nitrogens with one attached hydrogen (secondary N) is 1. The highest BCUT2D eigenvalue weighted by atomic mass is 16.5. The third-order valence-electron chi connectivity index (χ3n) is 3.24. The molecular weight excluding hydrogens is 244 g/mol. The number of hydrogen-bond donors (Lipinski definition) is 2. The molecule has 0 bridgehead atoms. The maximum absolute atomic E-state index is 12.2. The van der Waals surface area contributed by atoms with E-state index in [1.165, 1.54) is 0 Å². The smallest absolute Gasteiger partial charge is 0.227 e. The van der Waals surface area contributed by atoms with Gasteiger partial charge in [0, 0.05) is 5.56 Å². The van der Waals surface area contributed by atoms with Crippen molar-refractivity contribution < 1.29 is 14.4 Å². The van der Waals surface area contributed by atoms with E-state index in [-0.39, 0.29) is 24.5 Å². The molecule has 0 spiro atoms. The van der Waals surface area contributed by atoms with Crippen LogP contribution in [0.15, 0.2) is 4.52 Å². The van der Waals surface area contributed by atoms with Gasteiger partial charge in [-0.1, -0.05) is 19.0 Å². The first-order valence-corrected chi connectivity index (χ1v) is 6.70. The number of aliphatic hydroxyl groups is 1. The van der Waals surface area contributed by atoms with Gasteiger partial charge < -0.3 is 14.9 Å². The van der Waals surface area contributed by atoms with Gasteiger partial charge in [0.05, 0.1) is 24.3 Å². The number of amides is 1. The van der Waals surface area contributed by atoms with E-state index in [2.05, 4.69) is 24.3 Å². The fourth-order valence-corrected chi connectivity index (χ4v) is 2.31. The highest BCUT2D eigenvalue weighted by molar-refractivity contribution is 5.83. The van der Waals surface area contributed by atoms with Crippen LogP contribution in [0.5, 0.6) is 0 Å². The van der Waals surface area contributed by atoms with Crippen LogP contribution in [0, 0.1) is 19.8 Å². The summed E-state index contributed by atoms with van der Waals surface area (Å²) >= 11 is 0. The van der Waals surface area contributed by atoms with Crippen LogP contribution in [0.3, 0.4) is 0 Å². The molecule has 108 valence electrons. The molecule has 5 nitrogen and oxygen atoms in total. The summed E-state index contributed by atoms with van der Waals surface area (Å²) < 4.78 is 5.08. The average molecular weight is 268 g/mol. The van der Waals surface area contributed by atoms with Crippen LogP contribution >= 0.6 is 0 Å². The Morgan fingerprint density at radius 2 is 2.00 bits per heavy atom. The fourth-order valence-electron chi connectivity index (χ4n) is 2.31. The van der Waals surface area contributed by atoms with E-state index in [1.54, 1.807) is 6.92 Å². The summed E-state index contributed by atoms with van der Waals surface area (Å²) in [6.07, 6.45) is 0.760. The third kappa shape index (κ3) is 4.06. The summed E-state index contributed by atoms with van der Waals surface area (Å²) in [7, 11) is 0. The quantitative estimate of drug-likeness (QED) is 0.826. The number of nitrogens with zero attached hydrogens (tertiary/aromatic N) is 1. The van der Waals surface area contributed by atoms with Gasteiger partial charge >= 0.3 is 0 Å². The predicted molar refractivity (Wildman–Crippen MR) is 72.9 cm³/mol. The molecule has 0 saturated carbocycles. The Bertz CT molecular complexity index is 407. The van der Waals surface area contributed by atoms with Crippen LogP contribution < -0.4 is 5.32 Å². The van der Waals surface area contributed by atoms with Crippen molar-refractivity contribution in [2.24, 2.45) is 5.92 Å². The SMILES string of the molecule is Cc1noc(C)c1C(C)C(=O)NC(CO)CC(C)C. The molecule has 0 aliphatic heterocycles. The molecule has 0 aliphatic carbocycles. The van der Waals surface area contributed by atoms with Gasteiger partial charge in [-0.15, -0.1) is 0 Å². The normalized spacial score (nSPS) is 14.5. The minimum atomic E-state index is -0.326. The second kappa shape index (κ2) is 6.70. The van der Waals surface area contributed by atoms with E-state index >= 15 is 0 Å². The molecule has 19 heavy (non-hydrogen) atoms. The zero-order valence-electron chi connectivity index (χ0n) is 12.4. The molecule has 0 aromatic carbocycles. The molecule has 1 aromatic rings. The second-order valence-corrected chi connectivity index (χ2v) is 5.48. The molecule has 2 unspecified atom stereocenters. The van der Waals surface area contributed by atoms with Crippen LogP contribution in [0.4, 0.5) is 0 Å². The van der Waals surface area contributed by atoms with E-state index in [1.807, 2.05) is 13.8 Å². The molecule has 2 atom stereocenters.